The van der Waals surface area contributed by atoms with Gasteiger partial charge in [-0.3, -0.25) is 10.5 Å². The van der Waals surface area contributed by atoms with Crippen molar-refractivity contribution in [2.75, 3.05) is 0 Å². The topological polar surface area (TPSA) is 89.5 Å². The molecule has 2 heterocycles. The highest BCUT2D eigenvalue weighted by Crippen LogP contribution is 2.32. The molecule has 120 valence electrons. The van der Waals surface area contributed by atoms with Crippen molar-refractivity contribution in [1.29, 1.82) is 10.7 Å². The number of benzene rings is 2. The molecular formula is C20H14N4O. The van der Waals surface area contributed by atoms with Gasteiger partial charge in [-0.15, -0.1) is 5.10 Å². The minimum atomic E-state index is -0.174. The van der Waals surface area contributed by atoms with E-state index < -0.39 is 0 Å². The Morgan fingerprint density at radius 1 is 1.04 bits per heavy atom. The van der Waals surface area contributed by atoms with E-state index in [1.165, 1.54) is 0 Å². The maximum absolute atomic E-state index is 9.58. The highest BCUT2D eigenvalue weighted by atomic mass is 16.3. The second kappa shape index (κ2) is 6.10. The summed E-state index contributed by atoms with van der Waals surface area (Å²) in [6, 6.07) is 21.7. The molecule has 0 atom stereocenters. The summed E-state index contributed by atoms with van der Waals surface area (Å²) in [5, 5.41) is 25.6. The Morgan fingerprint density at radius 2 is 1.72 bits per heavy atom. The van der Waals surface area contributed by atoms with Crippen LogP contribution in [0.4, 0.5) is 0 Å². The van der Waals surface area contributed by atoms with Crippen molar-refractivity contribution in [3.8, 4) is 17.2 Å². The predicted molar refractivity (Wildman–Crippen MR) is 93.6 cm³/mol. The number of aromatic nitrogens is 2. The first-order valence-electron chi connectivity index (χ1n) is 7.86. The molecule has 0 fully saturated rings. The molecular weight excluding hydrogens is 312 g/mol. The molecule has 2 N–H and O–H groups in total. The van der Waals surface area contributed by atoms with Crippen LogP contribution in [0.5, 0.6) is 0 Å². The van der Waals surface area contributed by atoms with Gasteiger partial charge in [0.1, 0.15) is 11.6 Å². The minimum Gasteiger partial charge on any atom is -0.418 e. The highest BCUT2D eigenvalue weighted by molar-refractivity contribution is 5.96. The summed E-state index contributed by atoms with van der Waals surface area (Å²) in [5.41, 5.74) is 3.92. The molecule has 0 saturated heterocycles. The lowest BCUT2D eigenvalue weighted by Crippen LogP contribution is -2.07. The first-order valence-corrected chi connectivity index (χ1v) is 7.86. The highest BCUT2D eigenvalue weighted by Gasteiger charge is 2.20. The van der Waals surface area contributed by atoms with Crippen LogP contribution in [0.2, 0.25) is 0 Å². The molecule has 0 spiro atoms. The van der Waals surface area contributed by atoms with Gasteiger partial charge in [0.05, 0.1) is 11.1 Å². The van der Waals surface area contributed by atoms with Gasteiger partial charge in [-0.05, 0) is 11.1 Å². The van der Waals surface area contributed by atoms with Crippen LogP contribution in [0.25, 0.3) is 22.2 Å². The van der Waals surface area contributed by atoms with Crippen molar-refractivity contribution in [2.24, 2.45) is 0 Å². The third kappa shape index (κ3) is 2.60. The molecule has 0 unspecified atom stereocenters. The van der Waals surface area contributed by atoms with Crippen molar-refractivity contribution in [3.05, 3.63) is 83.0 Å². The molecule has 4 aromatic rings. The Kier molecular flexibility index (Phi) is 3.64. The summed E-state index contributed by atoms with van der Waals surface area (Å²) < 4.78 is 5.47. The normalized spacial score (nSPS) is 10.7. The molecule has 0 amide bonds. The van der Waals surface area contributed by atoms with Crippen LogP contribution < -0.4 is 5.55 Å². The smallest absolute Gasteiger partial charge is 0.248 e. The SMILES string of the molecule is N#Cc1c(-c2ccccc2)c2c(Cc3ccccc3)[nH]nc2oc1=N. The summed E-state index contributed by atoms with van der Waals surface area (Å²) in [7, 11) is 0. The molecule has 0 aliphatic rings. The van der Waals surface area contributed by atoms with E-state index in [9.17, 15) is 5.26 Å². The Bertz CT molecular complexity index is 1140. The largest absolute Gasteiger partial charge is 0.418 e. The van der Waals surface area contributed by atoms with Crippen LogP contribution >= 0.6 is 0 Å². The van der Waals surface area contributed by atoms with Crippen molar-refractivity contribution in [1.82, 2.24) is 10.2 Å². The summed E-state index contributed by atoms with van der Waals surface area (Å²) in [4.78, 5) is 0. The Hall–Kier alpha value is -3.65. The molecule has 0 bridgehead atoms. The average molecular weight is 326 g/mol. The lowest BCUT2D eigenvalue weighted by atomic mass is 9.96. The van der Waals surface area contributed by atoms with E-state index in [0.29, 0.717) is 17.7 Å². The molecule has 0 saturated carbocycles. The summed E-state index contributed by atoms with van der Waals surface area (Å²) in [6.45, 7) is 0. The van der Waals surface area contributed by atoms with Gasteiger partial charge >= 0.3 is 0 Å². The predicted octanol–water partition coefficient (Wildman–Crippen LogP) is 3.76. The van der Waals surface area contributed by atoms with E-state index in [4.69, 9.17) is 9.83 Å². The monoisotopic (exact) mass is 326 g/mol. The zero-order chi connectivity index (χ0) is 17.2. The third-order valence-corrected chi connectivity index (χ3v) is 4.13. The van der Waals surface area contributed by atoms with Crippen molar-refractivity contribution in [2.45, 2.75) is 6.42 Å². The zero-order valence-corrected chi connectivity index (χ0v) is 13.3. The molecule has 5 nitrogen and oxygen atoms in total. The Labute approximate surface area is 143 Å². The second-order valence-corrected chi connectivity index (χ2v) is 5.70. The number of fused-ring (bicyclic) bond motifs is 1. The summed E-state index contributed by atoms with van der Waals surface area (Å²) >= 11 is 0. The van der Waals surface area contributed by atoms with Crippen LogP contribution in [-0.4, -0.2) is 10.2 Å². The Morgan fingerprint density at radius 3 is 2.40 bits per heavy atom. The van der Waals surface area contributed by atoms with Gasteiger partial charge < -0.3 is 4.42 Å². The van der Waals surface area contributed by atoms with Crippen LogP contribution in [0.1, 0.15) is 16.8 Å². The van der Waals surface area contributed by atoms with Crippen molar-refractivity contribution < 1.29 is 4.42 Å². The van der Waals surface area contributed by atoms with Gasteiger partial charge in [0.15, 0.2) is 0 Å². The number of nitrogens with one attached hydrogen (secondary N) is 2. The number of hydrogen-bond donors (Lipinski definition) is 2. The van der Waals surface area contributed by atoms with E-state index in [0.717, 1.165) is 22.2 Å². The number of nitrogens with zero attached hydrogens (tertiary/aromatic N) is 2. The van der Waals surface area contributed by atoms with Crippen molar-refractivity contribution >= 4 is 11.1 Å². The van der Waals surface area contributed by atoms with Crippen LogP contribution in [0.3, 0.4) is 0 Å². The van der Waals surface area contributed by atoms with Crippen molar-refractivity contribution in [3.63, 3.8) is 0 Å². The molecule has 25 heavy (non-hydrogen) atoms. The molecule has 4 rings (SSSR count). The zero-order valence-electron chi connectivity index (χ0n) is 13.3. The van der Waals surface area contributed by atoms with Gasteiger partial charge in [-0.2, -0.15) is 5.26 Å². The average Bonchev–Trinajstić information content (AvgIpc) is 3.04. The fraction of sp³-hybridized carbons (Fsp3) is 0.0500. The van der Waals surface area contributed by atoms with Gasteiger partial charge in [0.25, 0.3) is 0 Å². The number of hydrogen-bond acceptors (Lipinski definition) is 4. The first kappa shape index (κ1) is 14.9. The van der Waals surface area contributed by atoms with Crippen LogP contribution in [0, 0.1) is 16.7 Å². The second-order valence-electron chi connectivity index (χ2n) is 5.70. The molecule has 0 aliphatic heterocycles. The summed E-state index contributed by atoms with van der Waals surface area (Å²) in [5.74, 6) is 0. The molecule has 0 aliphatic carbocycles. The number of rotatable bonds is 3. The number of nitriles is 1. The Balaban J connectivity index is 2.02. The fourth-order valence-electron chi connectivity index (χ4n) is 3.01. The number of aromatic amines is 1. The number of H-pyrrole nitrogens is 1. The molecule has 0 radical (unpaired) electrons. The van der Waals surface area contributed by atoms with E-state index in [1.54, 1.807) is 0 Å². The van der Waals surface area contributed by atoms with E-state index in [2.05, 4.69) is 16.3 Å². The quantitative estimate of drug-likeness (QED) is 0.600. The lowest BCUT2D eigenvalue weighted by Gasteiger charge is -2.07. The third-order valence-electron chi connectivity index (χ3n) is 4.13. The lowest BCUT2D eigenvalue weighted by molar-refractivity contribution is 0.520. The first-order chi connectivity index (χ1) is 12.3. The van der Waals surface area contributed by atoms with E-state index in [1.807, 2.05) is 60.7 Å². The van der Waals surface area contributed by atoms with Crippen LogP contribution in [-0.2, 0) is 6.42 Å². The van der Waals surface area contributed by atoms with Gasteiger partial charge in [0.2, 0.25) is 11.3 Å². The van der Waals surface area contributed by atoms with E-state index >= 15 is 0 Å². The maximum Gasteiger partial charge on any atom is 0.248 e. The van der Waals surface area contributed by atoms with E-state index in [-0.39, 0.29) is 11.1 Å². The maximum atomic E-state index is 9.58. The summed E-state index contributed by atoms with van der Waals surface area (Å²) in [6.07, 6.45) is 0.634. The molecule has 5 heteroatoms. The molecule has 2 aromatic heterocycles. The van der Waals surface area contributed by atoms with Crippen LogP contribution in [0.15, 0.2) is 65.1 Å². The minimum absolute atomic E-state index is 0.174. The van der Waals surface area contributed by atoms with Gasteiger partial charge in [-0.1, -0.05) is 60.7 Å². The fourth-order valence-corrected chi connectivity index (χ4v) is 3.01. The standard InChI is InChI=1S/C20H14N4O/c21-12-15-17(14-9-5-2-6-10-14)18-16(11-13-7-3-1-4-8-13)23-24-20(18)25-19(15)22/h1-10,22H,11H2,(H,23,24). The van der Waals surface area contributed by atoms with Gasteiger partial charge in [-0.25, -0.2) is 0 Å². The molecule has 2 aromatic carbocycles. The van der Waals surface area contributed by atoms with Gasteiger partial charge in [0, 0.05) is 12.0 Å².